The van der Waals surface area contributed by atoms with E-state index in [9.17, 15) is 4.79 Å². The lowest BCUT2D eigenvalue weighted by atomic mass is 9.99. The maximum absolute atomic E-state index is 12.9. The lowest BCUT2D eigenvalue weighted by Gasteiger charge is -2.07. The monoisotopic (exact) mass is 389 g/mol. The van der Waals surface area contributed by atoms with Gasteiger partial charge in [0.15, 0.2) is 5.69 Å². The Morgan fingerprint density at radius 1 is 0.967 bits per heavy atom. The molecule has 3 aromatic carbocycles. The Balaban J connectivity index is 1.56. The van der Waals surface area contributed by atoms with Crippen molar-refractivity contribution >= 4 is 33.3 Å². The van der Waals surface area contributed by atoms with Gasteiger partial charge < -0.3 is 5.32 Å². The molecule has 0 unspecified atom stereocenters. The number of aromatic amines is 1. The Labute approximate surface area is 171 Å². The number of amides is 1. The number of hydrogen-bond acceptors (Lipinski definition) is 4. The third-order valence-corrected chi connectivity index (χ3v) is 5.01. The Morgan fingerprint density at radius 3 is 2.77 bits per heavy atom. The number of fused-ring (bicyclic) bond motifs is 2. The largest absolute Gasteiger partial charge is 0.321 e. The highest BCUT2D eigenvalue weighted by Gasteiger charge is 2.16. The number of nitrogens with one attached hydrogen (secondary N) is 2. The molecule has 0 radical (unpaired) electrons. The van der Waals surface area contributed by atoms with E-state index >= 15 is 0 Å². The van der Waals surface area contributed by atoms with Crippen LogP contribution in [0.2, 0.25) is 0 Å². The molecule has 5 aromatic rings. The zero-order valence-electron chi connectivity index (χ0n) is 15.8. The van der Waals surface area contributed by atoms with Crippen molar-refractivity contribution in [3.05, 3.63) is 90.4 Å². The number of nitrogens with zero attached hydrogens (tertiary/aromatic N) is 3. The summed E-state index contributed by atoms with van der Waals surface area (Å²) in [5, 5.41) is 21.9. The number of anilines is 1. The fraction of sp³-hybridized carbons (Fsp3) is 0. The van der Waals surface area contributed by atoms with E-state index in [4.69, 9.17) is 5.26 Å². The Bertz CT molecular complexity index is 1460. The molecule has 0 fully saturated rings. The van der Waals surface area contributed by atoms with Crippen molar-refractivity contribution in [3.63, 3.8) is 0 Å². The number of aromatic nitrogens is 3. The van der Waals surface area contributed by atoms with Gasteiger partial charge in [0.2, 0.25) is 0 Å². The molecule has 0 spiro atoms. The van der Waals surface area contributed by atoms with Crippen LogP contribution in [0.25, 0.3) is 32.8 Å². The first-order valence-corrected chi connectivity index (χ1v) is 9.36. The van der Waals surface area contributed by atoms with E-state index in [0.717, 1.165) is 32.8 Å². The van der Waals surface area contributed by atoms with E-state index in [-0.39, 0.29) is 5.91 Å². The van der Waals surface area contributed by atoms with E-state index in [1.165, 1.54) is 0 Å². The fourth-order valence-electron chi connectivity index (χ4n) is 3.56. The molecule has 2 heterocycles. The molecule has 0 saturated carbocycles. The number of rotatable bonds is 3. The van der Waals surface area contributed by atoms with Crippen LogP contribution in [0.15, 0.2) is 79.1 Å². The van der Waals surface area contributed by atoms with Crippen LogP contribution in [0.3, 0.4) is 0 Å². The van der Waals surface area contributed by atoms with Crippen LogP contribution in [0.5, 0.6) is 0 Å². The topological polar surface area (TPSA) is 94.5 Å². The molecular formula is C24H15N5O. The first-order valence-electron chi connectivity index (χ1n) is 9.36. The van der Waals surface area contributed by atoms with E-state index in [0.29, 0.717) is 16.9 Å². The third kappa shape index (κ3) is 3.05. The minimum Gasteiger partial charge on any atom is -0.321 e. The summed E-state index contributed by atoms with van der Waals surface area (Å²) < 4.78 is 0. The van der Waals surface area contributed by atoms with Gasteiger partial charge in [0.1, 0.15) is 0 Å². The van der Waals surface area contributed by atoms with Gasteiger partial charge in [-0.05, 0) is 41.3 Å². The minimum absolute atomic E-state index is 0.294. The van der Waals surface area contributed by atoms with Gasteiger partial charge in [0.25, 0.3) is 5.91 Å². The lowest BCUT2D eigenvalue weighted by molar-refractivity contribution is 0.102. The van der Waals surface area contributed by atoms with Crippen molar-refractivity contribution < 1.29 is 4.79 Å². The second-order valence-electron chi connectivity index (χ2n) is 6.89. The first kappa shape index (κ1) is 17.6. The summed E-state index contributed by atoms with van der Waals surface area (Å²) in [5.74, 6) is -0.343. The predicted molar refractivity (Wildman–Crippen MR) is 116 cm³/mol. The summed E-state index contributed by atoms with van der Waals surface area (Å²) in [6.07, 6.45) is 3.67. The molecule has 0 aliphatic carbocycles. The molecule has 2 aromatic heterocycles. The second-order valence-corrected chi connectivity index (χ2v) is 6.89. The fourth-order valence-corrected chi connectivity index (χ4v) is 3.56. The van der Waals surface area contributed by atoms with E-state index in [1.807, 2.05) is 48.8 Å². The molecule has 6 nitrogen and oxygen atoms in total. The van der Waals surface area contributed by atoms with Gasteiger partial charge in [-0.2, -0.15) is 10.4 Å². The summed E-state index contributed by atoms with van der Waals surface area (Å²) in [6.45, 7) is 0. The van der Waals surface area contributed by atoms with Gasteiger partial charge in [-0.1, -0.05) is 36.4 Å². The molecular weight excluding hydrogens is 374 g/mol. The average Bonchev–Trinajstić information content (AvgIpc) is 3.22. The van der Waals surface area contributed by atoms with Gasteiger partial charge in [-0.15, -0.1) is 0 Å². The molecule has 0 atom stereocenters. The van der Waals surface area contributed by atoms with E-state index in [1.54, 1.807) is 24.3 Å². The van der Waals surface area contributed by atoms with E-state index < -0.39 is 0 Å². The zero-order valence-corrected chi connectivity index (χ0v) is 15.8. The summed E-state index contributed by atoms with van der Waals surface area (Å²) in [6, 6.07) is 22.7. The van der Waals surface area contributed by atoms with Gasteiger partial charge in [-0.25, -0.2) is 0 Å². The third-order valence-electron chi connectivity index (χ3n) is 5.01. The molecule has 0 saturated heterocycles. The van der Waals surface area contributed by atoms with Crippen molar-refractivity contribution in [2.45, 2.75) is 0 Å². The van der Waals surface area contributed by atoms with Crippen LogP contribution >= 0.6 is 0 Å². The lowest BCUT2D eigenvalue weighted by Crippen LogP contribution is -2.12. The van der Waals surface area contributed by atoms with E-state index in [2.05, 4.69) is 32.6 Å². The molecule has 0 bridgehead atoms. The number of benzene rings is 3. The van der Waals surface area contributed by atoms with Crippen LogP contribution in [-0.2, 0) is 0 Å². The number of carbonyl (C=O) groups is 1. The highest BCUT2D eigenvalue weighted by atomic mass is 16.1. The Hall–Kier alpha value is -4.50. The van der Waals surface area contributed by atoms with Crippen LogP contribution in [0, 0.1) is 11.3 Å². The molecule has 142 valence electrons. The number of carbonyl (C=O) groups excluding carboxylic acids is 1. The molecule has 0 aliphatic heterocycles. The zero-order chi connectivity index (χ0) is 20.5. The molecule has 0 aliphatic rings. The maximum atomic E-state index is 12.9. The van der Waals surface area contributed by atoms with Crippen molar-refractivity contribution in [2.24, 2.45) is 0 Å². The molecule has 2 N–H and O–H groups in total. The molecule has 5 rings (SSSR count). The average molecular weight is 389 g/mol. The van der Waals surface area contributed by atoms with Gasteiger partial charge in [0, 0.05) is 34.4 Å². The molecule has 1 amide bonds. The number of H-pyrrole nitrogens is 1. The van der Waals surface area contributed by atoms with Gasteiger partial charge in [0.05, 0.1) is 17.1 Å². The summed E-state index contributed by atoms with van der Waals surface area (Å²) in [4.78, 5) is 17.2. The Morgan fingerprint density at radius 2 is 1.87 bits per heavy atom. The first-order chi connectivity index (χ1) is 14.7. The van der Waals surface area contributed by atoms with Crippen LogP contribution < -0.4 is 5.32 Å². The van der Waals surface area contributed by atoms with Crippen molar-refractivity contribution in [3.8, 4) is 17.2 Å². The number of nitriles is 1. The summed E-state index contributed by atoms with van der Waals surface area (Å²) in [7, 11) is 0. The normalized spacial score (nSPS) is 10.8. The van der Waals surface area contributed by atoms with Crippen molar-refractivity contribution in [1.29, 1.82) is 5.26 Å². The minimum atomic E-state index is -0.343. The smallest absolute Gasteiger partial charge is 0.276 e. The highest BCUT2D eigenvalue weighted by Crippen LogP contribution is 2.30. The Kier molecular flexibility index (Phi) is 4.19. The number of hydrogen-bond donors (Lipinski definition) is 2. The van der Waals surface area contributed by atoms with Crippen molar-refractivity contribution in [1.82, 2.24) is 15.2 Å². The van der Waals surface area contributed by atoms with Crippen molar-refractivity contribution in [2.75, 3.05) is 5.32 Å². The summed E-state index contributed by atoms with van der Waals surface area (Å²) in [5.41, 5.74) is 4.03. The van der Waals surface area contributed by atoms with Gasteiger partial charge in [-0.3, -0.25) is 14.9 Å². The second kappa shape index (κ2) is 7.15. The summed E-state index contributed by atoms with van der Waals surface area (Å²) >= 11 is 0. The standard InChI is InChI=1S/C24H15N5O/c25-12-15-4-3-6-18(10-15)27-24(30)23-20-11-16(8-9-22(20)28-29-23)21-14-26-13-17-5-1-2-7-19(17)21/h1-11,13-14H,(H,27,30)(H,28,29). The molecule has 30 heavy (non-hydrogen) atoms. The van der Waals surface area contributed by atoms with Crippen LogP contribution in [0.1, 0.15) is 16.1 Å². The molecule has 6 heteroatoms. The van der Waals surface area contributed by atoms with Crippen LogP contribution in [-0.4, -0.2) is 21.1 Å². The highest BCUT2D eigenvalue weighted by molar-refractivity contribution is 6.12. The predicted octanol–water partition coefficient (Wildman–Crippen LogP) is 4.90. The van der Waals surface area contributed by atoms with Gasteiger partial charge >= 0.3 is 0 Å². The number of pyridine rings is 1. The SMILES string of the molecule is N#Cc1cccc(NC(=O)c2n[nH]c3ccc(-c4cncc5ccccc45)cc23)c1. The maximum Gasteiger partial charge on any atom is 0.276 e. The quantitative estimate of drug-likeness (QED) is 0.459. The van der Waals surface area contributed by atoms with Crippen LogP contribution in [0.4, 0.5) is 5.69 Å².